The van der Waals surface area contributed by atoms with Gasteiger partial charge in [0.1, 0.15) is 23.6 Å². The Kier molecular flexibility index (Phi) is 4.49. The number of anilines is 3. The average molecular weight is 388 g/mol. The lowest BCUT2D eigenvalue weighted by molar-refractivity contribution is -0.384. The monoisotopic (exact) mass is 387 g/mol. The molecule has 0 unspecified atom stereocenters. The molecule has 0 radical (unpaired) electrons. The number of hydrogen-bond donors (Lipinski definition) is 1. The maximum absolute atomic E-state index is 13.4. The molecule has 0 amide bonds. The van der Waals surface area contributed by atoms with Crippen LogP contribution in [0.25, 0.3) is 10.9 Å². The highest BCUT2D eigenvalue weighted by Gasteiger charge is 2.24. The lowest BCUT2D eigenvalue weighted by Crippen LogP contribution is -2.19. The van der Waals surface area contributed by atoms with E-state index in [1.54, 1.807) is 6.07 Å². The molecule has 4 rings (SSSR count). The third-order valence-electron chi connectivity index (χ3n) is 4.56. The van der Waals surface area contributed by atoms with Crippen LogP contribution in [0.3, 0.4) is 0 Å². The first-order chi connectivity index (χ1) is 13.0. The van der Waals surface area contributed by atoms with Crippen molar-refractivity contribution in [2.45, 2.75) is 12.8 Å². The summed E-state index contributed by atoms with van der Waals surface area (Å²) in [5.74, 6) is -0.139. The third-order valence-corrected chi connectivity index (χ3v) is 4.85. The Balaban J connectivity index is 1.81. The summed E-state index contributed by atoms with van der Waals surface area (Å²) in [5.41, 5.74) is 1.69. The largest absolute Gasteiger partial charge is 0.366 e. The Morgan fingerprint density at radius 3 is 2.67 bits per heavy atom. The molecule has 1 aliphatic rings. The molecular weight excluding hydrogens is 373 g/mol. The highest BCUT2D eigenvalue weighted by molar-refractivity contribution is 6.31. The van der Waals surface area contributed by atoms with Crippen molar-refractivity contribution in [1.29, 1.82) is 0 Å². The second-order valence-corrected chi connectivity index (χ2v) is 6.69. The van der Waals surface area contributed by atoms with E-state index in [9.17, 15) is 14.5 Å². The summed E-state index contributed by atoms with van der Waals surface area (Å²) < 4.78 is 13.4. The average Bonchev–Trinajstić information content (AvgIpc) is 3.18. The molecule has 0 bridgehead atoms. The second kappa shape index (κ2) is 6.96. The predicted octanol–water partition coefficient (Wildman–Crippen LogP) is 4.67. The molecule has 7 nitrogen and oxygen atoms in total. The molecule has 1 saturated heterocycles. The van der Waals surface area contributed by atoms with Gasteiger partial charge in [-0.25, -0.2) is 14.4 Å². The van der Waals surface area contributed by atoms with Crippen LogP contribution >= 0.6 is 11.6 Å². The van der Waals surface area contributed by atoms with Gasteiger partial charge in [0.25, 0.3) is 5.69 Å². The third kappa shape index (κ3) is 3.35. The topological polar surface area (TPSA) is 84.2 Å². The molecule has 138 valence electrons. The van der Waals surface area contributed by atoms with E-state index in [0.29, 0.717) is 28.1 Å². The first-order valence-corrected chi connectivity index (χ1v) is 8.81. The molecule has 1 N–H and O–H groups in total. The van der Waals surface area contributed by atoms with Gasteiger partial charge in [0, 0.05) is 30.2 Å². The lowest BCUT2D eigenvalue weighted by atomic mass is 10.1. The molecule has 1 fully saturated rings. The van der Waals surface area contributed by atoms with Crippen LogP contribution < -0.4 is 10.2 Å². The Morgan fingerprint density at radius 1 is 1.19 bits per heavy atom. The van der Waals surface area contributed by atoms with Crippen molar-refractivity contribution in [3.8, 4) is 0 Å². The van der Waals surface area contributed by atoms with E-state index in [0.717, 1.165) is 25.9 Å². The second-order valence-electron chi connectivity index (χ2n) is 6.29. The highest BCUT2D eigenvalue weighted by atomic mass is 35.5. The number of fused-ring (bicyclic) bond motifs is 1. The fraction of sp³-hybridized carbons (Fsp3) is 0.222. The molecule has 3 aromatic rings. The van der Waals surface area contributed by atoms with Crippen LogP contribution in [0.4, 0.5) is 27.3 Å². The van der Waals surface area contributed by atoms with Gasteiger partial charge in [-0.3, -0.25) is 10.1 Å². The van der Waals surface area contributed by atoms with Crippen molar-refractivity contribution in [2.24, 2.45) is 0 Å². The van der Waals surface area contributed by atoms with E-state index in [1.807, 2.05) is 4.90 Å². The molecule has 2 aromatic carbocycles. The fourth-order valence-corrected chi connectivity index (χ4v) is 3.43. The zero-order valence-electron chi connectivity index (χ0n) is 14.2. The number of aromatic nitrogens is 2. The van der Waals surface area contributed by atoms with Crippen LogP contribution in [0.5, 0.6) is 0 Å². The number of nitro benzene ring substituents is 1. The Morgan fingerprint density at radius 2 is 1.96 bits per heavy atom. The van der Waals surface area contributed by atoms with Gasteiger partial charge in [-0.1, -0.05) is 11.6 Å². The summed E-state index contributed by atoms with van der Waals surface area (Å²) in [4.78, 5) is 21.7. The standard InChI is InChI=1S/C18H15ClFN5O2/c19-13-7-11(3-4-14(13)20)23-18-12-8-17(25(26)27)16(24-5-1-2-6-24)9-15(12)21-10-22-18/h3-4,7-10H,1-2,5-6H2,(H,21,22,23). The van der Waals surface area contributed by atoms with Gasteiger partial charge in [-0.15, -0.1) is 0 Å². The molecule has 0 saturated carbocycles. The maximum Gasteiger partial charge on any atom is 0.293 e. The van der Waals surface area contributed by atoms with E-state index in [2.05, 4.69) is 15.3 Å². The minimum absolute atomic E-state index is 0.0133. The highest BCUT2D eigenvalue weighted by Crippen LogP contribution is 2.36. The van der Waals surface area contributed by atoms with Crippen molar-refractivity contribution in [1.82, 2.24) is 9.97 Å². The summed E-state index contributed by atoms with van der Waals surface area (Å²) in [6.45, 7) is 1.58. The number of nitrogens with one attached hydrogen (secondary N) is 1. The van der Waals surface area contributed by atoms with Crippen molar-refractivity contribution < 1.29 is 9.31 Å². The van der Waals surface area contributed by atoms with Gasteiger partial charge in [0.05, 0.1) is 15.5 Å². The van der Waals surface area contributed by atoms with Crippen LogP contribution in [0.1, 0.15) is 12.8 Å². The molecule has 27 heavy (non-hydrogen) atoms. The van der Waals surface area contributed by atoms with Crippen molar-refractivity contribution in [3.63, 3.8) is 0 Å². The van der Waals surface area contributed by atoms with Crippen LogP contribution in [0.2, 0.25) is 5.02 Å². The zero-order chi connectivity index (χ0) is 19.0. The molecule has 9 heteroatoms. The van der Waals surface area contributed by atoms with Crippen molar-refractivity contribution in [2.75, 3.05) is 23.3 Å². The molecule has 0 atom stereocenters. The van der Waals surface area contributed by atoms with E-state index in [1.165, 1.54) is 30.6 Å². The zero-order valence-corrected chi connectivity index (χ0v) is 14.9. The fourth-order valence-electron chi connectivity index (χ4n) is 3.25. The van der Waals surface area contributed by atoms with Crippen molar-refractivity contribution >= 4 is 45.4 Å². The van der Waals surface area contributed by atoms with Gasteiger partial charge in [-0.2, -0.15) is 0 Å². The minimum Gasteiger partial charge on any atom is -0.366 e. The summed E-state index contributed by atoms with van der Waals surface area (Å²) in [5, 5.41) is 15.1. The minimum atomic E-state index is -0.527. The molecule has 0 aliphatic carbocycles. The lowest BCUT2D eigenvalue weighted by Gasteiger charge is -2.18. The molecule has 1 aliphatic heterocycles. The van der Waals surface area contributed by atoms with E-state index in [4.69, 9.17) is 11.6 Å². The van der Waals surface area contributed by atoms with Crippen LogP contribution in [0, 0.1) is 15.9 Å². The van der Waals surface area contributed by atoms with Crippen LogP contribution in [0.15, 0.2) is 36.7 Å². The number of benzene rings is 2. The Bertz CT molecular complexity index is 1040. The van der Waals surface area contributed by atoms with Gasteiger partial charge in [0.2, 0.25) is 0 Å². The van der Waals surface area contributed by atoms with Crippen LogP contribution in [-0.2, 0) is 0 Å². The summed E-state index contributed by atoms with van der Waals surface area (Å²) in [6.07, 6.45) is 3.41. The Hall–Kier alpha value is -3.00. The maximum atomic E-state index is 13.4. The van der Waals surface area contributed by atoms with Gasteiger partial charge < -0.3 is 10.2 Å². The van der Waals surface area contributed by atoms with Gasteiger partial charge in [0.15, 0.2) is 0 Å². The number of halogens is 2. The van der Waals surface area contributed by atoms with E-state index < -0.39 is 10.7 Å². The van der Waals surface area contributed by atoms with Gasteiger partial charge >= 0.3 is 0 Å². The number of rotatable bonds is 4. The molecule has 1 aromatic heterocycles. The predicted molar refractivity (Wildman–Crippen MR) is 102 cm³/mol. The summed E-state index contributed by atoms with van der Waals surface area (Å²) in [7, 11) is 0. The molecule has 0 spiro atoms. The summed E-state index contributed by atoms with van der Waals surface area (Å²) >= 11 is 5.82. The number of nitrogens with zero attached hydrogens (tertiary/aromatic N) is 4. The van der Waals surface area contributed by atoms with Crippen LogP contribution in [-0.4, -0.2) is 28.0 Å². The first-order valence-electron chi connectivity index (χ1n) is 8.43. The van der Waals surface area contributed by atoms with E-state index in [-0.39, 0.29) is 10.7 Å². The SMILES string of the molecule is O=[N+]([O-])c1cc2c(Nc3ccc(F)c(Cl)c3)ncnc2cc1N1CCCC1. The summed E-state index contributed by atoms with van der Waals surface area (Å²) in [6, 6.07) is 7.39. The molecular formula is C18H15ClFN5O2. The smallest absolute Gasteiger partial charge is 0.293 e. The van der Waals surface area contributed by atoms with Gasteiger partial charge in [-0.05, 0) is 37.1 Å². The quantitative estimate of drug-likeness (QED) is 0.517. The number of nitro groups is 1. The Labute approximate surface area is 158 Å². The molecule has 2 heterocycles. The number of hydrogen-bond acceptors (Lipinski definition) is 6. The first kappa shape index (κ1) is 17.4. The van der Waals surface area contributed by atoms with E-state index >= 15 is 0 Å². The normalized spacial score (nSPS) is 13.9. The van der Waals surface area contributed by atoms with Crippen molar-refractivity contribution in [3.05, 3.63) is 57.6 Å².